The molecule has 44 heavy (non-hydrogen) atoms. The standard InChI is InChI=1S/C41H26N2S/c1-3-13-27(14-4-1)30-18-9-11-21-35(30)43-36-26-23-29-17-7-8-19-32(29)39(36)42-41(43)34-25-24-31(28-15-5-2-6-16-28)38-33-20-10-12-22-37(33)44-40(34)38/h1-26H. The predicted molar refractivity (Wildman–Crippen MR) is 188 cm³/mol. The first kappa shape index (κ1) is 25.0. The van der Waals surface area contributed by atoms with Crippen molar-refractivity contribution in [3.63, 3.8) is 0 Å². The number of imidazole rings is 1. The molecule has 0 aliphatic carbocycles. The fourth-order valence-electron chi connectivity index (χ4n) is 6.63. The van der Waals surface area contributed by atoms with Gasteiger partial charge in [0.25, 0.3) is 0 Å². The molecule has 0 radical (unpaired) electrons. The first-order valence-electron chi connectivity index (χ1n) is 14.9. The lowest BCUT2D eigenvalue weighted by atomic mass is 9.97. The summed E-state index contributed by atoms with van der Waals surface area (Å²) in [5.74, 6) is 0.955. The summed E-state index contributed by atoms with van der Waals surface area (Å²) in [6.45, 7) is 0. The van der Waals surface area contributed by atoms with Crippen LogP contribution in [0.5, 0.6) is 0 Å². The Kier molecular flexibility index (Phi) is 5.71. The predicted octanol–water partition coefficient (Wildman–Crippen LogP) is 11.5. The van der Waals surface area contributed by atoms with Crippen molar-refractivity contribution in [2.45, 2.75) is 0 Å². The largest absolute Gasteiger partial charge is 0.292 e. The van der Waals surface area contributed by atoms with Crippen LogP contribution in [0.2, 0.25) is 0 Å². The number of hydrogen-bond donors (Lipinski definition) is 0. The lowest BCUT2D eigenvalue weighted by Gasteiger charge is -2.16. The van der Waals surface area contributed by atoms with Gasteiger partial charge in [-0.25, -0.2) is 4.98 Å². The topological polar surface area (TPSA) is 17.8 Å². The molecule has 2 heterocycles. The van der Waals surface area contributed by atoms with Gasteiger partial charge in [-0.15, -0.1) is 11.3 Å². The molecule has 0 unspecified atom stereocenters. The van der Waals surface area contributed by atoms with Crippen molar-refractivity contribution >= 4 is 53.3 Å². The summed E-state index contributed by atoms with van der Waals surface area (Å²) in [6.07, 6.45) is 0. The van der Waals surface area contributed by atoms with E-state index in [9.17, 15) is 0 Å². The van der Waals surface area contributed by atoms with Crippen molar-refractivity contribution in [2.75, 3.05) is 0 Å². The zero-order valence-electron chi connectivity index (χ0n) is 23.8. The number of nitrogens with zero attached hydrogens (tertiary/aromatic N) is 2. The quantitative estimate of drug-likeness (QED) is 0.203. The second kappa shape index (κ2) is 10.0. The van der Waals surface area contributed by atoms with Crippen LogP contribution in [0.25, 0.3) is 81.3 Å². The van der Waals surface area contributed by atoms with Gasteiger partial charge in [0, 0.05) is 36.7 Å². The number of aromatic nitrogens is 2. The van der Waals surface area contributed by atoms with Crippen molar-refractivity contribution in [3.05, 3.63) is 158 Å². The molecule has 9 aromatic rings. The molecular weight excluding hydrogens is 553 g/mol. The molecular formula is C41H26N2S. The van der Waals surface area contributed by atoms with Gasteiger partial charge < -0.3 is 0 Å². The van der Waals surface area contributed by atoms with Crippen molar-refractivity contribution < 1.29 is 0 Å². The molecule has 0 fully saturated rings. The summed E-state index contributed by atoms with van der Waals surface area (Å²) in [5, 5.41) is 4.93. The first-order valence-corrected chi connectivity index (χ1v) is 15.7. The van der Waals surface area contributed by atoms with Gasteiger partial charge in [0.1, 0.15) is 5.82 Å². The van der Waals surface area contributed by atoms with Gasteiger partial charge in [0.05, 0.1) is 16.7 Å². The van der Waals surface area contributed by atoms with E-state index in [2.05, 4.69) is 162 Å². The van der Waals surface area contributed by atoms with Crippen LogP contribution in [0, 0.1) is 0 Å². The molecule has 2 nitrogen and oxygen atoms in total. The highest BCUT2D eigenvalue weighted by molar-refractivity contribution is 7.26. The summed E-state index contributed by atoms with van der Waals surface area (Å²) < 4.78 is 4.92. The van der Waals surface area contributed by atoms with E-state index >= 15 is 0 Å². The zero-order chi connectivity index (χ0) is 29.0. The Morgan fingerprint density at radius 2 is 1.11 bits per heavy atom. The molecule has 0 aliphatic heterocycles. The Labute approximate surface area is 259 Å². The van der Waals surface area contributed by atoms with Crippen LogP contribution in [0.15, 0.2) is 158 Å². The van der Waals surface area contributed by atoms with E-state index in [1.165, 1.54) is 47.8 Å². The fraction of sp³-hybridized carbons (Fsp3) is 0. The maximum atomic E-state index is 5.51. The summed E-state index contributed by atoms with van der Waals surface area (Å²) >= 11 is 1.86. The zero-order valence-corrected chi connectivity index (χ0v) is 24.6. The van der Waals surface area contributed by atoms with Crippen LogP contribution in [0.4, 0.5) is 0 Å². The number of fused-ring (bicyclic) bond motifs is 6. The Morgan fingerprint density at radius 3 is 1.93 bits per heavy atom. The smallest absolute Gasteiger partial charge is 0.147 e. The third-order valence-corrected chi connectivity index (χ3v) is 9.84. The van der Waals surface area contributed by atoms with E-state index in [0.29, 0.717) is 0 Å². The molecule has 0 saturated carbocycles. The highest BCUT2D eigenvalue weighted by Crippen LogP contribution is 2.46. The average Bonchev–Trinajstić information content (AvgIpc) is 3.68. The van der Waals surface area contributed by atoms with Crippen LogP contribution in [-0.4, -0.2) is 9.55 Å². The van der Waals surface area contributed by atoms with E-state index in [1.807, 2.05) is 11.3 Å². The van der Waals surface area contributed by atoms with Crippen molar-refractivity contribution in [3.8, 4) is 39.3 Å². The van der Waals surface area contributed by atoms with E-state index in [4.69, 9.17) is 4.98 Å². The Hall–Kier alpha value is -5.51. The third kappa shape index (κ3) is 3.83. The fourth-order valence-corrected chi connectivity index (χ4v) is 7.87. The number of benzene rings is 7. The Balaban J connectivity index is 1.43. The molecule has 2 aromatic heterocycles. The van der Waals surface area contributed by atoms with E-state index in [-0.39, 0.29) is 0 Å². The lowest BCUT2D eigenvalue weighted by molar-refractivity contribution is 1.11. The molecule has 0 atom stereocenters. The lowest BCUT2D eigenvalue weighted by Crippen LogP contribution is -2.00. The average molecular weight is 579 g/mol. The molecule has 0 aliphatic rings. The minimum absolute atomic E-state index is 0.955. The van der Waals surface area contributed by atoms with Gasteiger partial charge in [-0.3, -0.25) is 4.57 Å². The highest BCUT2D eigenvalue weighted by Gasteiger charge is 2.23. The molecule has 9 rings (SSSR count). The SMILES string of the molecule is c1ccc(-c2ccccc2-n2c(-c3ccc(-c4ccccc4)c4c3sc3ccccc34)nc3c4ccccc4ccc32)cc1. The monoisotopic (exact) mass is 578 g/mol. The van der Waals surface area contributed by atoms with Crippen molar-refractivity contribution in [1.29, 1.82) is 0 Å². The summed E-state index contributed by atoms with van der Waals surface area (Å²) in [6, 6.07) is 56.5. The van der Waals surface area contributed by atoms with Gasteiger partial charge in [0.15, 0.2) is 0 Å². The molecule has 206 valence electrons. The van der Waals surface area contributed by atoms with Crippen LogP contribution in [-0.2, 0) is 0 Å². The number of hydrogen-bond acceptors (Lipinski definition) is 2. The van der Waals surface area contributed by atoms with Gasteiger partial charge in [-0.2, -0.15) is 0 Å². The van der Waals surface area contributed by atoms with Gasteiger partial charge in [-0.1, -0.05) is 133 Å². The van der Waals surface area contributed by atoms with Gasteiger partial charge >= 0.3 is 0 Å². The van der Waals surface area contributed by atoms with Crippen molar-refractivity contribution in [2.24, 2.45) is 0 Å². The molecule has 0 N–H and O–H groups in total. The molecule has 0 amide bonds. The summed E-state index contributed by atoms with van der Waals surface area (Å²) in [5.41, 5.74) is 9.21. The normalized spacial score (nSPS) is 11.6. The third-order valence-electron chi connectivity index (χ3n) is 8.63. The minimum Gasteiger partial charge on any atom is -0.292 e. The van der Waals surface area contributed by atoms with E-state index < -0.39 is 0 Å². The second-order valence-corrected chi connectivity index (χ2v) is 12.2. The minimum atomic E-state index is 0.955. The van der Waals surface area contributed by atoms with Crippen LogP contribution >= 0.6 is 11.3 Å². The molecule has 0 spiro atoms. The van der Waals surface area contributed by atoms with Crippen molar-refractivity contribution in [1.82, 2.24) is 9.55 Å². The number of thiophene rings is 1. The van der Waals surface area contributed by atoms with Crippen LogP contribution in [0.1, 0.15) is 0 Å². The van der Waals surface area contributed by atoms with Gasteiger partial charge in [0.2, 0.25) is 0 Å². The van der Waals surface area contributed by atoms with E-state index in [0.717, 1.165) is 33.5 Å². The van der Waals surface area contributed by atoms with E-state index in [1.54, 1.807) is 0 Å². The molecule has 7 aromatic carbocycles. The second-order valence-electron chi connectivity index (χ2n) is 11.1. The summed E-state index contributed by atoms with van der Waals surface area (Å²) in [4.78, 5) is 5.51. The van der Waals surface area contributed by atoms with Crippen LogP contribution < -0.4 is 0 Å². The Morgan fingerprint density at radius 1 is 0.477 bits per heavy atom. The number of rotatable bonds is 4. The first-order chi connectivity index (χ1) is 21.8. The molecule has 0 bridgehead atoms. The molecule has 0 saturated heterocycles. The van der Waals surface area contributed by atoms with Crippen LogP contribution in [0.3, 0.4) is 0 Å². The molecule has 3 heteroatoms. The van der Waals surface area contributed by atoms with Gasteiger partial charge in [-0.05, 0) is 46.3 Å². The Bertz CT molecular complexity index is 2490. The summed E-state index contributed by atoms with van der Waals surface area (Å²) in [7, 11) is 0. The highest BCUT2D eigenvalue weighted by atomic mass is 32.1. The maximum Gasteiger partial charge on any atom is 0.147 e. The maximum absolute atomic E-state index is 5.51. The number of para-hydroxylation sites is 1.